The molecule has 0 radical (unpaired) electrons. The first kappa shape index (κ1) is 19.3. The van der Waals surface area contributed by atoms with Gasteiger partial charge in [-0.05, 0) is 43.3 Å². The number of aryl methyl sites for hydroxylation is 1. The zero-order chi connectivity index (χ0) is 21.1. The van der Waals surface area contributed by atoms with Crippen LogP contribution in [0.3, 0.4) is 0 Å². The number of carbonyl (C=O) groups is 2. The molecule has 2 aromatic carbocycles. The van der Waals surface area contributed by atoms with Crippen LogP contribution in [0.4, 0.5) is 0 Å². The lowest BCUT2D eigenvalue weighted by atomic mass is 10.1. The van der Waals surface area contributed by atoms with Crippen LogP contribution < -0.4 is 10.3 Å². The Hall–Kier alpha value is -4.07. The van der Waals surface area contributed by atoms with Gasteiger partial charge >= 0.3 is 5.97 Å². The average Bonchev–Trinajstić information content (AvgIpc) is 3.18. The van der Waals surface area contributed by atoms with Crippen LogP contribution in [0, 0.1) is 0 Å². The number of nitrogens with zero attached hydrogens (tertiary/aromatic N) is 3. The summed E-state index contributed by atoms with van der Waals surface area (Å²) in [6.07, 6.45) is 1.70. The van der Waals surface area contributed by atoms with Crippen LogP contribution in [0.1, 0.15) is 29.5 Å². The molecule has 0 fully saturated rings. The Morgan fingerprint density at radius 1 is 1.07 bits per heavy atom. The number of aromatic nitrogens is 4. The van der Waals surface area contributed by atoms with Gasteiger partial charge in [0.2, 0.25) is 0 Å². The number of H-pyrrole nitrogens is 1. The van der Waals surface area contributed by atoms with Crippen molar-refractivity contribution in [3.8, 4) is 11.4 Å². The van der Waals surface area contributed by atoms with Crippen molar-refractivity contribution < 1.29 is 14.3 Å². The molecule has 0 amide bonds. The smallest absolute Gasteiger partial charge is 0.311 e. The second kappa shape index (κ2) is 8.12. The first-order valence-electron chi connectivity index (χ1n) is 9.35. The summed E-state index contributed by atoms with van der Waals surface area (Å²) in [6.45, 7) is 1.47. The average molecular weight is 402 g/mol. The van der Waals surface area contributed by atoms with Crippen LogP contribution in [-0.4, -0.2) is 31.5 Å². The molecule has 4 aromatic rings. The topological polar surface area (TPSA) is 107 Å². The Balaban J connectivity index is 1.49. The maximum Gasteiger partial charge on any atom is 0.311 e. The largest absolute Gasteiger partial charge is 0.427 e. The number of fused-ring (bicyclic) bond motifs is 1. The third-order valence-corrected chi connectivity index (χ3v) is 4.55. The molecular weight excluding hydrogens is 384 g/mol. The maximum absolute atomic E-state index is 12.4. The molecule has 0 saturated heterocycles. The number of hydrogen-bond acceptors (Lipinski definition) is 6. The second-order valence-electron chi connectivity index (χ2n) is 6.70. The molecule has 0 bridgehead atoms. The van der Waals surface area contributed by atoms with Crippen molar-refractivity contribution in [2.75, 3.05) is 0 Å². The normalized spacial score (nSPS) is 10.8. The van der Waals surface area contributed by atoms with Crippen LogP contribution in [0.15, 0.2) is 65.6 Å². The Bertz CT molecular complexity index is 1270. The van der Waals surface area contributed by atoms with Gasteiger partial charge in [-0.3, -0.25) is 14.4 Å². The molecule has 8 heteroatoms. The number of Topliss-reactive ketones (excluding diaryl/α,β-unsaturated/α-hetero) is 1. The maximum atomic E-state index is 12.4. The summed E-state index contributed by atoms with van der Waals surface area (Å²) < 4.78 is 6.87. The minimum atomic E-state index is -0.468. The van der Waals surface area contributed by atoms with E-state index in [1.165, 1.54) is 13.1 Å². The van der Waals surface area contributed by atoms with Crippen LogP contribution >= 0.6 is 0 Å². The minimum absolute atomic E-state index is 0.0301. The molecule has 1 N–H and O–H groups in total. The zero-order valence-corrected chi connectivity index (χ0v) is 16.2. The quantitative estimate of drug-likeness (QED) is 0.302. The molecule has 30 heavy (non-hydrogen) atoms. The van der Waals surface area contributed by atoms with Crippen molar-refractivity contribution in [2.45, 2.75) is 19.8 Å². The standard InChI is InChI=1S/C22H18N4O4/c1-14(27)15-7-9-17(10-8-15)30-20(28)12-11-19-24-21-18(22(29)25-19)13-23-26(21)16-5-3-2-4-6-16/h2-10,13H,11-12H2,1H3,(H,24,25,29). The van der Waals surface area contributed by atoms with E-state index in [1.807, 2.05) is 30.3 Å². The van der Waals surface area contributed by atoms with E-state index in [0.717, 1.165) is 5.69 Å². The lowest BCUT2D eigenvalue weighted by Crippen LogP contribution is -2.15. The third kappa shape index (κ3) is 4.02. The van der Waals surface area contributed by atoms with Crippen molar-refractivity contribution in [3.05, 3.63) is 82.5 Å². The first-order chi connectivity index (χ1) is 14.5. The van der Waals surface area contributed by atoms with Crippen LogP contribution in [-0.2, 0) is 11.2 Å². The summed E-state index contributed by atoms with van der Waals surface area (Å²) in [4.78, 5) is 43.0. The molecule has 2 aromatic heterocycles. The highest BCUT2D eigenvalue weighted by molar-refractivity contribution is 5.94. The molecule has 150 valence electrons. The van der Waals surface area contributed by atoms with Gasteiger partial charge in [0.15, 0.2) is 11.4 Å². The van der Waals surface area contributed by atoms with Gasteiger partial charge < -0.3 is 9.72 Å². The molecule has 4 rings (SSSR count). The van der Waals surface area contributed by atoms with Gasteiger partial charge in [0, 0.05) is 12.0 Å². The number of esters is 1. The Morgan fingerprint density at radius 2 is 1.80 bits per heavy atom. The number of benzene rings is 2. The van der Waals surface area contributed by atoms with Gasteiger partial charge in [-0.25, -0.2) is 9.67 Å². The van der Waals surface area contributed by atoms with E-state index >= 15 is 0 Å². The minimum Gasteiger partial charge on any atom is -0.427 e. The molecule has 0 aliphatic rings. The van der Waals surface area contributed by atoms with E-state index in [-0.39, 0.29) is 24.2 Å². The fourth-order valence-corrected chi connectivity index (χ4v) is 3.00. The summed E-state index contributed by atoms with van der Waals surface area (Å²) in [5.41, 5.74) is 1.43. The highest BCUT2D eigenvalue weighted by atomic mass is 16.5. The lowest BCUT2D eigenvalue weighted by molar-refractivity contribution is -0.134. The monoisotopic (exact) mass is 402 g/mol. The predicted molar refractivity (Wildman–Crippen MR) is 110 cm³/mol. The highest BCUT2D eigenvalue weighted by Gasteiger charge is 2.13. The van der Waals surface area contributed by atoms with Crippen LogP contribution in [0.2, 0.25) is 0 Å². The summed E-state index contributed by atoms with van der Waals surface area (Å²) in [5, 5.41) is 4.63. The highest BCUT2D eigenvalue weighted by Crippen LogP contribution is 2.15. The number of aromatic amines is 1. The van der Waals surface area contributed by atoms with Crippen LogP contribution in [0.5, 0.6) is 5.75 Å². The molecule has 0 saturated carbocycles. The number of rotatable bonds is 6. The number of hydrogen-bond donors (Lipinski definition) is 1. The third-order valence-electron chi connectivity index (χ3n) is 4.55. The molecule has 2 heterocycles. The second-order valence-corrected chi connectivity index (χ2v) is 6.70. The van der Waals surface area contributed by atoms with Crippen molar-refractivity contribution in [1.82, 2.24) is 19.7 Å². The van der Waals surface area contributed by atoms with Crippen molar-refractivity contribution in [2.24, 2.45) is 0 Å². The summed E-state index contributed by atoms with van der Waals surface area (Å²) in [6, 6.07) is 15.7. The van der Waals surface area contributed by atoms with E-state index in [4.69, 9.17) is 4.74 Å². The molecule has 8 nitrogen and oxygen atoms in total. The SMILES string of the molecule is CC(=O)c1ccc(OC(=O)CCc2nc3c(cnn3-c3ccccc3)c(=O)[nH]2)cc1. The van der Waals surface area contributed by atoms with Gasteiger partial charge in [0.05, 0.1) is 18.3 Å². The molecule has 0 aliphatic carbocycles. The number of ketones is 1. The lowest BCUT2D eigenvalue weighted by Gasteiger charge is -2.06. The van der Waals surface area contributed by atoms with E-state index in [9.17, 15) is 14.4 Å². The zero-order valence-electron chi connectivity index (χ0n) is 16.2. The Labute approximate surface area is 171 Å². The summed E-state index contributed by atoms with van der Waals surface area (Å²) >= 11 is 0. The summed E-state index contributed by atoms with van der Waals surface area (Å²) in [7, 11) is 0. The molecule has 0 aliphatic heterocycles. The van der Waals surface area contributed by atoms with E-state index in [2.05, 4.69) is 15.1 Å². The van der Waals surface area contributed by atoms with E-state index < -0.39 is 5.97 Å². The number of para-hydroxylation sites is 1. The number of nitrogens with one attached hydrogen (secondary N) is 1. The van der Waals surface area contributed by atoms with E-state index in [0.29, 0.717) is 28.2 Å². The van der Waals surface area contributed by atoms with Crippen molar-refractivity contribution in [3.63, 3.8) is 0 Å². The molecule has 0 spiro atoms. The Kier molecular flexibility index (Phi) is 5.21. The molecular formula is C22H18N4O4. The van der Waals surface area contributed by atoms with Gasteiger partial charge in [-0.2, -0.15) is 5.10 Å². The van der Waals surface area contributed by atoms with Crippen molar-refractivity contribution >= 4 is 22.8 Å². The predicted octanol–water partition coefficient (Wildman–Crippen LogP) is 2.85. The van der Waals surface area contributed by atoms with Crippen molar-refractivity contribution in [1.29, 1.82) is 0 Å². The number of carbonyl (C=O) groups excluding carboxylic acids is 2. The van der Waals surface area contributed by atoms with Crippen LogP contribution in [0.25, 0.3) is 16.7 Å². The molecule has 0 atom stereocenters. The van der Waals surface area contributed by atoms with Gasteiger partial charge in [-0.1, -0.05) is 18.2 Å². The Morgan fingerprint density at radius 3 is 2.50 bits per heavy atom. The first-order valence-corrected chi connectivity index (χ1v) is 9.35. The van der Waals surface area contributed by atoms with E-state index in [1.54, 1.807) is 28.9 Å². The fourth-order valence-electron chi connectivity index (χ4n) is 3.00. The summed E-state index contributed by atoms with van der Waals surface area (Å²) in [5.74, 6) is 0.191. The van der Waals surface area contributed by atoms with Gasteiger partial charge in [0.25, 0.3) is 5.56 Å². The van der Waals surface area contributed by atoms with Gasteiger partial charge in [-0.15, -0.1) is 0 Å². The fraction of sp³-hybridized carbons (Fsp3) is 0.136. The van der Waals surface area contributed by atoms with Gasteiger partial charge in [0.1, 0.15) is 17.0 Å². The number of ether oxygens (including phenoxy) is 1. The molecule has 0 unspecified atom stereocenters.